The number of benzene rings is 1. The van der Waals surface area contributed by atoms with Crippen LogP contribution in [0.2, 0.25) is 0 Å². The van der Waals surface area contributed by atoms with Crippen molar-refractivity contribution < 1.29 is 13.9 Å². The Morgan fingerprint density at radius 3 is 3.04 bits per heavy atom. The Kier molecular flexibility index (Phi) is 3.59. The smallest absolute Gasteiger partial charge is 0.256 e. The second-order valence-electron chi connectivity index (χ2n) is 5.39. The number of hydrogen-bond donors (Lipinski definition) is 0. The van der Waals surface area contributed by atoms with Crippen molar-refractivity contribution in [3.05, 3.63) is 47.0 Å². The highest BCUT2D eigenvalue weighted by atomic mass is 32.1. The molecule has 0 unspecified atom stereocenters. The van der Waals surface area contributed by atoms with Crippen LogP contribution >= 0.6 is 11.3 Å². The molecule has 0 radical (unpaired) electrons. The summed E-state index contributed by atoms with van der Waals surface area (Å²) < 4.78 is 12.1. The lowest BCUT2D eigenvalue weighted by atomic mass is 10.1. The minimum absolute atomic E-state index is 0.0217. The van der Waals surface area contributed by atoms with E-state index in [1.807, 2.05) is 29.6 Å². The predicted octanol–water partition coefficient (Wildman–Crippen LogP) is 2.81. The molecule has 7 heteroatoms. The molecular weight excluding hydrogens is 314 g/mol. The van der Waals surface area contributed by atoms with Crippen molar-refractivity contribution in [2.75, 3.05) is 19.8 Å². The topological polar surface area (TPSA) is 68.5 Å². The molecule has 1 aliphatic heterocycles. The van der Waals surface area contributed by atoms with E-state index in [0.717, 1.165) is 10.1 Å². The summed E-state index contributed by atoms with van der Waals surface area (Å²) in [6.07, 6.45) is 0. The molecule has 23 heavy (non-hydrogen) atoms. The van der Waals surface area contributed by atoms with E-state index in [0.29, 0.717) is 37.1 Å². The molecule has 1 fully saturated rings. The van der Waals surface area contributed by atoms with Crippen LogP contribution in [-0.4, -0.2) is 40.8 Å². The Morgan fingerprint density at radius 2 is 2.22 bits per heavy atom. The van der Waals surface area contributed by atoms with Gasteiger partial charge < -0.3 is 14.1 Å². The second-order valence-corrected chi connectivity index (χ2v) is 6.31. The van der Waals surface area contributed by atoms with E-state index in [-0.39, 0.29) is 11.9 Å². The highest BCUT2D eigenvalue weighted by Gasteiger charge is 2.33. The largest absolute Gasteiger partial charge is 0.423 e. The number of thiophene rings is 1. The number of carbonyl (C=O) groups excluding carboxylic acids is 1. The summed E-state index contributed by atoms with van der Waals surface area (Å²) in [6.45, 7) is 3.13. The summed E-state index contributed by atoms with van der Waals surface area (Å²) in [6, 6.07) is 7.59. The number of rotatable bonds is 2. The van der Waals surface area contributed by atoms with Gasteiger partial charge in [-0.15, -0.1) is 21.5 Å². The van der Waals surface area contributed by atoms with Gasteiger partial charge in [0.1, 0.15) is 6.04 Å². The summed E-state index contributed by atoms with van der Waals surface area (Å²) in [7, 11) is 0. The molecule has 0 aliphatic carbocycles. The van der Waals surface area contributed by atoms with E-state index >= 15 is 0 Å². The van der Waals surface area contributed by atoms with Crippen molar-refractivity contribution in [3.63, 3.8) is 0 Å². The highest BCUT2D eigenvalue weighted by molar-refractivity contribution is 7.17. The fourth-order valence-electron chi connectivity index (χ4n) is 2.80. The molecule has 2 aromatic heterocycles. The van der Waals surface area contributed by atoms with Gasteiger partial charge in [-0.1, -0.05) is 18.2 Å². The fraction of sp³-hybridized carbons (Fsp3) is 0.312. The number of amides is 1. The second kappa shape index (κ2) is 5.75. The summed E-state index contributed by atoms with van der Waals surface area (Å²) in [5, 5.41) is 10.8. The van der Waals surface area contributed by atoms with Crippen molar-refractivity contribution in [2.24, 2.45) is 0 Å². The molecule has 0 spiro atoms. The first-order valence-electron chi connectivity index (χ1n) is 7.39. The standard InChI is InChI=1S/C16H15N3O3S/c1-10-17-18-15(22-10)13-8-21-7-6-19(13)16(20)12-9-23-14-5-3-2-4-11(12)14/h2-5,9,13H,6-8H2,1H3/t13-/m1/s1. The molecule has 4 rings (SSSR count). The summed E-state index contributed by atoms with van der Waals surface area (Å²) in [5.74, 6) is 0.889. The van der Waals surface area contributed by atoms with E-state index in [1.54, 1.807) is 23.2 Å². The molecule has 0 bridgehead atoms. The van der Waals surface area contributed by atoms with Gasteiger partial charge in [0.2, 0.25) is 11.8 Å². The third-order valence-corrected chi connectivity index (χ3v) is 4.89. The highest BCUT2D eigenvalue weighted by Crippen LogP contribution is 2.30. The summed E-state index contributed by atoms with van der Waals surface area (Å²) in [5.41, 5.74) is 0.716. The fourth-order valence-corrected chi connectivity index (χ4v) is 3.73. The van der Waals surface area contributed by atoms with E-state index in [2.05, 4.69) is 10.2 Å². The van der Waals surface area contributed by atoms with Crippen LogP contribution in [0.4, 0.5) is 0 Å². The minimum atomic E-state index is -0.337. The average Bonchev–Trinajstić information content (AvgIpc) is 3.20. The van der Waals surface area contributed by atoms with Gasteiger partial charge in [-0.3, -0.25) is 4.79 Å². The normalized spacial score (nSPS) is 18.5. The van der Waals surface area contributed by atoms with E-state index in [1.165, 1.54) is 0 Å². The van der Waals surface area contributed by atoms with Crippen LogP contribution in [0.5, 0.6) is 0 Å². The van der Waals surface area contributed by atoms with Gasteiger partial charge in [-0.05, 0) is 6.07 Å². The van der Waals surface area contributed by atoms with Gasteiger partial charge >= 0.3 is 0 Å². The first kappa shape index (κ1) is 14.3. The number of ether oxygens (including phenoxy) is 1. The number of hydrogen-bond acceptors (Lipinski definition) is 6. The molecular formula is C16H15N3O3S. The van der Waals surface area contributed by atoms with Crippen molar-refractivity contribution in [1.29, 1.82) is 0 Å². The zero-order valence-electron chi connectivity index (χ0n) is 12.6. The SMILES string of the molecule is Cc1nnc([C@H]2COCCN2C(=O)c2csc3ccccc23)o1. The summed E-state index contributed by atoms with van der Waals surface area (Å²) >= 11 is 1.58. The van der Waals surface area contributed by atoms with Crippen molar-refractivity contribution in [3.8, 4) is 0 Å². The third-order valence-electron chi connectivity index (χ3n) is 3.93. The lowest BCUT2D eigenvalue weighted by Gasteiger charge is -2.33. The maximum Gasteiger partial charge on any atom is 0.256 e. The predicted molar refractivity (Wildman–Crippen MR) is 85.5 cm³/mol. The zero-order valence-corrected chi connectivity index (χ0v) is 13.4. The maximum absolute atomic E-state index is 13.1. The van der Waals surface area contributed by atoms with Crippen LogP contribution in [0.1, 0.15) is 28.2 Å². The summed E-state index contributed by atoms with van der Waals surface area (Å²) in [4.78, 5) is 14.8. The number of nitrogens with zero attached hydrogens (tertiary/aromatic N) is 3. The lowest BCUT2D eigenvalue weighted by molar-refractivity contribution is -0.0105. The van der Waals surface area contributed by atoms with Crippen molar-refractivity contribution in [2.45, 2.75) is 13.0 Å². The number of fused-ring (bicyclic) bond motifs is 1. The van der Waals surface area contributed by atoms with Crippen LogP contribution in [0.3, 0.4) is 0 Å². The van der Waals surface area contributed by atoms with Gasteiger partial charge in [0.05, 0.1) is 18.8 Å². The van der Waals surface area contributed by atoms with E-state index in [4.69, 9.17) is 9.15 Å². The Balaban J connectivity index is 1.70. The number of aromatic nitrogens is 2. The molecule has 1 aromatic carbocycles. The molecule has 1 atom stereocenters. The first-order chi connectivity index (χ1) is 11.2. The number of aryl methyl sites for hydroxylation is 1. The molecule has 3 aromatic rings. The molecule has 1 amide bonds. The molecule has 6 nitrogen and oxygen atoms in total. The van der Waals surface area contributed by atoms with Gasteiger partial charge in [-0.2, -0.15) is 0 Å². The number of carbonyl (C=O) groups is 1. The molecule has 1 saturated heterocycles. The van der Waals surface area contributed by atoms with Crippen LogP contribution in [-0.2, 0) is 4.74 Å². The molecule has 118 valence electrons. The monoisotopic (exact) mass is 329 g/mol. The van der Waals surface area contributed by atoms with Gasteiger partial charge in [0, 0.05) is 28.9 Å². The van der Waals surface area contributed by atoms with E-state index in [9.17, 15) is 4.79 Å². The quantitative estimate of drug-likeness (QED) is 0.723. The Labute approximate surface area is 136 Å². The lowest BCUT2D eigenvalue weighted by Crippen LogP contribution is -2.43. The van der Waals surface area contributed by atoms with Gasteiger partial charge in [0.15, 0.2) is 0 Å². The van der Waals surface area contributed by atoms with Crippen molar-refractivity contribution >= 4 is 27.3 Å². The average molecular weight is 329 g/mol. The third kappa shape index (κ3) is 2.51. The first-order valence-corrected chi connectivity index (χ1v) is 8.27. The van der Waals surface area contributed by atoms with Crippen LogP contribution < -0.4 is 0 Å². The Hall–Kier alpha value is -2.25. The number of morpholine rings is 1. The molecule has 3 heterocycles. The molecule has 0 saturated carbocycles. The zero-order chi connectivity index (χ0) is 15.8. The van der Waals surface area contributed by atoms with Gasteiger partial charge in [-0.25, -0.2) is 0 Å². The van der Waals surface area contributed by atoms with E-state index < -0.39 is 0 Å². The van der Waals surface area contributed by atoms with Crippen molar-refractivity contribution in [1.82, 2.24) is 15.1 Å². The maximum atomic E-state index is 13.1. The van der Waals surface area contributed by atoms with Crippen LogP contribution in [0.15, 0.2) is 34.1 Å². The molecule has 0 N–H and O–H groups in total. The molecule has 1 aliphatic rings. The van der Waals surface area contributed by atoms with Gasteiger partial charge in [0.25, 0.3) is 5.91 Å². The minimum Gasteiger partial charge on any atom is -0.423 e. The Bertz CT molecular complexity index is 857. The van der Waals surface area contributed by atoms with Crippen LogP contribution in [0, 0.1) is 6.92 Å². The Morgan fingerprint density at radius 1 is 1.35 bits per heavy atom. The van der Waals surface area contributed by atoms with Crippen LogP contribution in [0.25, 0.3) is 10.1 Å².